The van der Waals surface area contributed by atoms with Gasteiger partial charge >= 0.3 is 0 Å². The number of rotatable bonds is 2. The minimum Gasteiger partial charge on any atom is -0.382 e. The van der Waals surface area contributed by atoms with Gasteiger partial charge in [-0.1, -0.05) is 19.3 Å². The van der Waals surface area contributed by atoms with Crippen LogP contribution in [-0.2, 0) is 0 Å². The minimum absolute atomic E-state index is 0.290. The SMILES string of the molecule is O=C1NC(=O)c2cc(NC3CCCCC3)ccc21. The summed E-state index contributed by atoms with van der Waals surface area (Å²) in [4.78, 5) is 23.0. The Balaban J connectivity index is 1.80. The van der Waals surface area contributed by atoms with Crippen molar-refractivity contribution in [3.63, 3.8) is 0 Å². The fraction of sp³-hybridized carbons (Fsp3) is 0.429. The summed E-state index contributed by atoms with van der Waals surface area (Å²) < 4.78 is 0. The molecule has 1 aromatic rings. The van der Waals surface area contributed by atoms with Gasteiger partial charge in [0, 0.05) is 11.7 Å². The second-order valence-corrected chi connectivity index (χ2v) is 5.02. The molecule has 0 aromatic heterocycles. The number of carbonyl (C=O) groups excluding carboxylic acids is 2. The number of nitrogens with one attached hydrogen (secondary N) is 2. The van der Waals surface area contributed by atoms with Gasteiger partial charge in [-0.2, -0.15) is 0 Å². The lowest BCUT2D eigenvalue weighted by Crippen LogP contribution is -2.22. The van der Waals surface area contributed by atoms with E-state index in [1.807, 2.05) is 6.07 Å². The summed E-state index contributed by atoms with van der Waals surface area (Å²) in [6, 6.07) is 5.88. The number of carbonyl (C=O) groups is 2. The second-order valence-electron chi connectivity index (χ2n) is 5.02. The van der Waals surface area contributed by atoms with Crippen molar-refractivity contribution in [2.45, 2.75) is 38.1 Å². The van der Waals surface area contributed by atoms with Gasteiger partial charge in [-0.15, -0.1) is 0 Å². The summed E-state index contributed by atoms with van der Waals surface area (Å²) in [5, 5.41) is 5.76. The van der Waals surface area contributed by atoms with Gasteiger partial charge in [0.25, 0.3) is 11.8 Å². The molecule has 1 aromatic carbocycles. The number of imide groups is 1. The smallest absolute Gasteiger partial charge is 0.259 e. The van der Waals surface area contributed by atoms with Gasteiger partial charge in [0.2, 0.25) is 0 Å². The highest BCUT2D eigenvalue weighted by Gasteiger charge is 2.26. The van der Waals surface area contributed by atoms with E-state index in [0.717, 1.165) is 5.69 Å². The van der Waals surface area contributed by atoms with E-state index in [1.54, 1.807) is 12.1 Å². The number of hydrogen-bond acceptors (Lipinski definition) is 3. The van der Waals surface area contributed by atoms with Gasteiger partial charge in [0.05, 0.1) is 11.1 Å². The predicted octanol–water partition coefficient (Wildman–Crippen LogP) is 2.31. The molecular weight excluding hydrogens is 228 g/mol. The van der Waals surface area contributed by atoms with Gasteiger partial charge in [0.15, 0.2) is 0 Å². The van der Waals surface area contributed by atoms with Crippen molar-refractivity contribution in [2.24, 2.45) is 0 Å². The summed E-state index contributed by atoms with van der Waals surface area (Å²) in [6.07, 6.45) is 6.22. The van der Waals surface area contributed by atoms with E-state index in [1.165, 1.54) is 32.1 Å². The quantitative estimate of drug-likeness (QED) is 0.785. The molecule has 4 heteroatoms. The van der Waals surface area contributed by atoms with Crippen LogP contribution in [0.5, 0.6) is 0 Å². The van der Waals surface area contributed by atoms with E-state index in [-0.39, 0.29) is 11.8 Å². The molecule has 0 atom stereocenters. The summed E-state index contributed by atoms with van der Waals surface area (Å²) in [5.74, 6) is -0.582. The molecule has 94 valence electrons. The lowest BCUT2D eigenvalue weighted by molar-refractivity contribution is 0.0879. The van der Waals surface area contributed by atoms with Crippen molar-refractivity contribution in [3.8, 4) is 0 Å². The average Bonchev–Trinajstić information content (AvgIpc) is 2.66. The first-order chi connectivity index (χ1) is 8.74. The van der Waals surface area contributed by atoms with E-state index in [2.05, 4.69) is 10.6 Å². The van der Waals surface area contributed by atoms with Crippen molar-refractivity contribution in [1.29, 1.82) is 0 Å². The Kier molecular flexibility index (Phi) is 2.78. The standard InChI is InChI=1S/C14H16N2O2/c17-13-11-7-6-10(8-12(11)14(18)16-13)15-9-4-2-1-3-5-9/h6-9,15H,1-5H2,(H,16,17,18). The Labute approximate surface area is 106 Å². The van der Waals surface area contributed by atoms with Crippen LogP contribution in [0.4, 0.5) is 5.69 Å². The van der Waals surface area contributed by atoms with Gasteiger partial charge in [0.1, 0.15) is 0 Å². The maximum Gasteiger partial charge on any atom is 0.259 e. The van der Waals surface area contributed by atoms with E-state index >= 15 is 0 Å². The first-order valence-corrected chi connectivity index (χ1v) is 6.50. The van der Waals surface area contributed by atoms with Crippen LogP contribution in [0.15, 0.2) is 18.2 Å². The van der Waals surface area contributed by atoms with E-state index in [0.29, 0.717) is 17.2 Å². The summed E-state index contributed by atoms with van der Waals surface area (Å²) in [6.45, 7) is 0. The number of anilines is 1. The van der Waals surface area contributed by atoms with E-state index in [9.17, 15) is 9.59 Å². The molecule has 2 N–H and O–H groups in total. The van der Waals surface area contributed by atoms with Crippen molar-refractivity contribution in [3.05, 3.63) is 29.3 Å². The Morgan fingerprint density at radius 3 is 2.50 bits per heavy atom. The molecular formula is C14H16N2O2. The highest BCUT2D eigenvalue weighted by molar-refractivity contribution is 6.21. The molecule has 0 unspecified atom stereocenters. The van der Waals surface area contributed by atoms with E-state index < -0.39 is 0 Å². The van der Waals surface area contributed by atoms with Gasteiger partial charge in [-0.05, 0) is 31.0 Å². The normalized spacial score (nSPS) is 19.6. The molecule has 4 nitrogen and oxygen atoms in total. The summed E-state index contributed by atoms with van der Waals surface area (Å²) >= 11 is 0. The van der Waals surface area contributed by atoms with Crippen LogP contribution in [-0.4, -0.2) is 17.9 Å². The molecule has 2 amide bonds. The van der Waals surface area contributed by atoms with Crippen molar-refractivity contribution in [2.75, 3.05) is 5.32 Å². The van der Waals surface area contributed by atoms with Crippen molar-refractivity contribution >= 4 is 17.5 Å². The van der Waals surface area contributed by atoms with Crippen LogP contribution in [0.2, 0.25) is 0 Å². The summed E-state index contributed by atoms with van der Waals surface area (Å²) in [5.41, 5.74) is 1.90. The van der Waals surface area contributed by atoms with Crippen LogP contribution in [0.25, 0.3) is 0 Å². The molecule has 1 heterocycles. The maximum atomic E-state index is 11.6. The highest BCUT2D eigenvalue weighted by atomic mass is 16.2. The highest BCUT2D eigenvalue weighted by Crippen LogP contribution is 2.24. The molecule has 18 heavy (non-hydrogen) atoms. The van der Waals surface area contributed by atoms with Crippen LogP contribution in [0, 0.1) is 0 Å². The second kappa shape index (κ2) is 4.44. The molecule has 0 radical (unpaired) electrons. The van der Waals surface area contributed by atoms with Crippen molar-refractivity contribution < 1.29 is 9.59 Å². The van der Waals surface area contributed by atoms with Gasteiger partial charge in [-0.25, -0.2) is 0 Å². The maximum absolute atomic E-state index is 11.6. The third-order valence-electron chi connectivity index (χ3n) is 3.71. The predicted molar refractivity (Wildman–Crippen MR) is 68.7 cm³/mol. The lowest BCUT2D eigenvalue weighted by atomic mass is 9.95. The molecule has 1 fully saturated rings. The van der Waals surface area contributed by atoms with Gasteiger partial charge < -0.3 is 5.32 Å². The van der Waals surface area contributed by atoms with Crippen LogP contribution in [0.3, 0.4) is 0 Å². The third kappa shape index (κ3) is 1.98. The first-order valence-electron chi connectivity index (χ1n) is 6.50. The van der Waals surface area contributed by atoms with Gasteiger partial charge in [-0.3, -0.25) is 14.9 Å². The number of hydrogen-bond donors (Lipinski definition) is 2. The van der Waals surface area contributed by atoms with Crippen LogP contribution >= 0.6 is 0 Å². The fourth-order valence-corrected chi connectivity index (χ4v) is 2.74. The molecule has 2 aliphatic rings. The number of amides is 2. The monoisotopic (exact) mass is 244 g/mol. The van der Waals surface area contributed by atoms with E-state index in [4.69, 9.17) is 0 Å². The Morgan fingerprint density at radius 1 is 1.00 bits per heavy atom. The zero-order valence-corrected chi connectivity index (χ0v) is 10.2. The third-order valence-corrected chi connectivity index (χ3v) is 3.71. The minimum atomic E-state index is -0.292. The van der Waals surface area contributed by atoms with Crippen molar-refractivity contribution in [1.82, 2.24) is 5.32 Å². The largest absolute Gasteiger partial charge is 0.382 e. The summed E-state index contributed by atoms with van der Waals surface area (Å²) in [7, 11) is 0. The number of benzene rings is 1. The topological polar surface area (TPSA) is 58.2 Å². The van der Waals surface area contributed by atoms with Crippen LogP contribution in [0.1, 0.15) is 52.8 Å². The lowest BCUT2D eigenvalue weighted by Gasteiger charge is -2.24. The molecule has 0 spiro atoms. The molecule has 3 rings (SSSR count). The fourth-order valence-electron chi connectivity index (χ4n) is 2.74. The zero-order valence-electron chi connectivity index (χ0n) is 10.2. The number of fused-ring (bicyclic) bond motifs is 1. The Hall–Kier alpha value is -1.84. The molecule has 0 bridgehead atoms. The zero-order chi connectivity index (χ0) is 12.5. The Morgan fingerprint density at radius 2 is 1.72 bits per heavy atom. The Bertz CT molecular complexity index is 505. The first kappa shape index (κ1) is 11.3. The average molecular weight is 244 g/mol. The molecule has 1 saturated carbocycles. The molecule has 1 aliphatic heterocycles. The molecule has 1 aliphatic carbocycles. The van der Waals surface area contributed by atoms with Crippen LogP contribution < -0.4 is 10.6 Å². The molecule has 0 saturated heterocycles.